The molecule has 0 aromatic rings. The first-order chi connectivity index (χ1) is 4.77. The molecule has 0 bridgehead atoms. The quantitative estimate of drug-likeness (QED) is 0.486. The van der Waals surface area contributed by atoms with Gasteiger partial charge in [-0.05, 0) is 0 Å². The van der Waals surface area contributed by atoms with Gasteiger partial charge in [0.15, 0.2) is 0 Å². The van der Waals surface area contributed by atoms with Gasteiger partial charge in [0.25, 0.3) is 0 Å². The van der Waals surface area contributed by atoms with Crippen molar-refractivity contribution < 1.29 is 16.0 Å². The van der Waals surface area contributed by atoms with Crippen LogP contribution >= 0.6 is 0 Å². The Hall–Kier alpha value is 0.219. The van der Waals surface area contributed by atoms with E-state index in [4.69, 9.17) is 16.0 Å². The van der Waals surface area contributed by atoms with Crippen molar-refractivity contribution in [2.24, 2.45) is 0 Å². The van der Waals surface area contributed by atoms with Gasteiger partial charge in [0, 0.05) is 0 Å². The SMILES string of the molecule is C=C[C]1([Cu])CCCCCN1. The first-order valence-corrected chi connectivity index (χ1v) is 4.28. The van der Waals surface area contributed by atoms with E-state index >= 15 is 0 Å². The molecule has 2 heteroatoms. The van der Waals surface area contributed by atoms with Crippen molar-refractivity contribution in [1.82, 2.24) is 5.32 Å². The Morgan fingerprint density at radius 3 is 2.90 bits per heavy atom. The summed E-state index contributed by atoms with van der Waals surface area (Å²) in [6.07, 6.45) is 6.69. The van der Waals surface area contributed by atoms with Crippen molar-refractivity contribution in [3.05, 3.63) is 12.7 Å². The van der Waals surface area contributed by atoms with Crippen LogP contribution in [0.4, 0.5) is 0 Å². The minimum atomic E-state index is -0.219. The summed E-state index contributed by atoms with van der Waals surface area (Å²) >= 11 is 5.47. The summed E-state index contributed by atoms with van der Waals surface area (Å²) in [6, 6.07) is 0. The maximum absolute atomic E-state index is 5.47. The van der Waals surface area contributed by atoms with Gasteiger partial charge >= 0.3 is 70.6 Å². The average molecular weight is 188 g/mol. The van der Waals surface area contributed by atoms with Crippen LogP contribution in [0.3, 0.4) is 0 Å². The van der Waals surface area contributed by atoms with Crippen molar-refractivity contribution >= 4 is 0 Å². The predicted molar refractivity (Wildman–Crippen MR) is 39.4 cm³/mol. The summed E-state index contributed by atoms with van der Waals surface area (Å²) in [6.45, 7) is 4.77. The summed E-state index contributed by atoms with van der Waals surface area (Å²) in [5.74, 6) is 0. The molecule has 1 fully saturated rings. The molecule has 1 heterocycles. The Balaban J connectivity index is 2.48. The maximum atomic E-state index is 5.47. The van der Waals surface area contributed by atoms with E-state index in [1.807, 2.05) is 6.08 Å². The van der Waals surface area contributed by atoms with Gasteiger partial charge in [0.2, 0.25) is 0 Å². The van der Waals surface area contributed by atoms with Gasteiger partial charge < -0.3 is 0 Å². The van der Waals surface area contributed by atoms with Crippen molar-refractivity contribution in [1.29, 1.82) is 0 Å². The van der Waals surface area contributed by atoms with Gasteiger partial charge in [-0.3, -0.25) is 0 Å². The van der Waals surface area contributed by atoms with E-state index in [0.29, 0.717) is 0 Å². The molecular formula is C8H14CuN. The molecule has 0 saturated carbocycles. The molecule has 0 aromatic carbocycles. The predicted octanol–water partition coefficient (Wildman–Crippen LogP) is 1.58. The minimum absolute atomic E-state index is 0.219. The topological polar surface area (TPSA) is 12.0 Å². The van der Waals surface area contributed by atoms with Crippen LogP contribution < -0.4 is 5.32 Å². The summed E-state index contributed by atoms with van der Waals surface area (Å²) in [7, 11) is 0. The monoisotopic (exact) mass is 187 g/mol. The molecule has 0 spiro atoms. The van der Waals surface area contributed by atoms with Crippen LogP contribution in [-0.4, -0.2) is 11.0 Å². The van der Waals surface area contributed by atoms with E-state index < -0.39 is 0 Å². The Morgan fingerprint density at radius 2 is 2.20 bits per heavy atom. The fourth-order valence-corrected chi connectivity index (χ4v) is 1.50. The third-order valence-corrected chi connectivity index (χ3v) is 2.51. The third kappa shape index (κ3) is 2.12. The van der Waals surface area contributed by atoms with E-state index in [-0.39, 0.29) is 4.44 Å². The molecule has 10 heavy (non-hydrogen) atoms. The molecule has 1 aliphatic heterocycles. The molecule has 1 atom stereocenters. The molecule has 1 N–H and O–H groups in total. The summed E-state index contributed by atoms with van der Waals surface area (Å²) < 4.78 is -0.219. The zero-order valence-corrected chi connectivity index (χ0v) is 7.06. The van der Waals surface area contributed by atoms with Crippen LogP contribution in [0, 0.1) is 0 Å². The van der Waals surface area contributed by atoms with E-state index in [9.17, 15) is 0 Å². The van der Waals surface area contributed by atoms with Crippen LogP contribution in [0.25, 0.3) is 0 Å². The zero-order valence-electron chi connectivity index (χ0n) is 6.12. The van der Waals surface area contributed by atoms with Gasteiger partial charge in [-0.25, -0.2) is 0 Å². The van der Waals surface area contributed by atoms with Crippen molar-refractivity contribution in [2.75, 3.05) is 6.54 Å². The number of rotatable bonds is 1. The second-order valence-corrected chi connectivity index (χ2v) is 3.58. The average Bonchev–Trinajstić information content (AvgIpc) is 2.15. The molecule has 0 aromatic heterocycles. The van der Waals surface area contributed by atoms with Gasteiger partial charge in [-0.2, -0.15) is 0 Å². The first kappa shape index (κ1) is 8.32. The van der Waals surface area contributed by atoms with Crippen LogP contribution in [0.1, 0.15) is 25.7 Å². The molecule has 1 saturated heterocycles. The fraction of sp³-hybridized carbons (Fsp3) is 0.750. The fourth-order valence-electron chi connectivity index (χ4n) is 1.22. The number of hydrogen-bond acceptors (Lipinski definition) is 1. The van der Waals surface area contributed by atoms with E-state index in [1.165, 1.54) is 19.3 Å². The Kier molecular flexibility index (Phi) is 2.96. The number of nitrogens with one attached hydrogen (secondary N) is 1. The van der Waals surface area contributed by atoms with Gasteiger partial charge in [0.05, 0.1) is 0 Å². The standard InChI is InChI=1S/C8H14N.Cu/c1-2-8-6-4-3-5-7-9-8;/h2,9H,1,3-7H2;. The van der Waals surface area contributed by atoms with Crippen molar-refractivity contribution in [3.8, 4) is 0 Å². The second kappa shape index (κ2) is 3.56. The molecule has 0 aliphatic carbocycles. The normalized spacial score (nSPS) is 35.0. The van der Waals surface area contributed by atoms with Crippen LogP contribution in [-0.2, 0) is 16.0 Å². The number of hydrogen-bond donors (Lipinski definition) is 1. The Bertz CT molecular complexity index is 114. The van der Waals surface area contributed by atoms with Gasteiger partial charge in [-0.15, -0.1) is 0 Å². The summed E-state index contributed by atoms with van der Waals surface area (Å²) in [5, 5.41) is 3.30. The van der Waals surface area contributed by atoms with Crippen molar-refractivity contribution in [3.63, 3.8) is 0 Å². The Morgan fingerprint density at radius 1 is 1.40 bits per heavy atom. The van der Waals surface area contributed by atoms with Crippen LogP contribution in [0.15, 0.2) is 12.7 Å². The zero-order chi connectivity index (χ0) is 7.45. The molecule has 1 aliphatic rings. The van der Waals surface area contributed by atoms with Crippen LogP contribution in [0.5, 0.6) is 0 Å². The van der Waals surface area contributed by atoms with Crippen molar-refractivity contribution in [2.45, 2.75) is 30.1 Å². The van der Waals surface area contributed by atoms with E-state index in [1.54, 1.807) is 0 Å². The first-order valence-electron chi connectivity index (χ1n) is 3.80. The molecule has 62 valence electrons. The summed E-state index contributed by atoms with van der Waals surface area (Å²) in [5.41, 5.74) is 0. The third-order valence-electron chi connectivity index (χ3n) is 1.91. The van der Waals surface area contributed by atoms with Gasteiger partial charge in [0.1, 0.15) is 0 Å². The van der Waals surface area contributed by atoms with E-state index in [2.05, 4.69) is 11.9 Å². The molecule has 1 unspecified atom stereocenters. The molecule has 0 amide bonds. The van der Waals surface area contributed by atoms with Gasteiger partial charge in [-0.1, -0.05) is 0 Å². The van der Waals surface area contributed by atoms with Crippen LogP contribution in [0.2, 0.25) is 0 Å². The molecule has 1 nitrogen and oxygen atoms in total. The Labute approximate surface area is 71.1 Å². The molecule has 0 radical (unpaired) electrons. The summed E-state index contributed by atoms with van der Waals surface area (Å²) in [4.78, 5) is 0. The molecular weight excluding hydrogens is 174 g/mol. The second-order valence-electron chi connectivity index (χ2n) is 2.74. The van der Waals surface area contributed by atoms with E-state index in [0.717, 1.165) is 13.0 Å². The molecule has 1 rings (SSSR count).